The summed E-state index contributed by atoms with van der Waals surface area (Å²) in [5, 5.41) is 3.28. The highest BCUT2D eigenvalue weighted by Crippen LogP contribution is 2.21. The summed E-state index contributed by atoms with van der Waals surface area (Å²) in [6.45, 7) is 6.40. The standard InChI is InChI=1S/C16H21N3/c1-11(2)13-5-7-14(8-6-13)15(17-4)16-18-9-12(3)10-19-16/h5-11,15,17H,1-4H3. The van der Waals surface area contributed by atoms with Gasteiger partial charge in [0.15, 0.2) is 0 Å². The number of aromatic nitrogens is 2. The Morgan fingerprint density at radius 2 is 1.47 bits per heavy atom. The van der Waals surface area contributed by atoms with Crippen molar-refractivity contribution in [1.29, 1.82) is 0 Å². The van der Waals surface area contributed by atoms with Crippen molar-refractivity contribution in [1.82, 2.24) is 15.3 Å². The van der Waals surface area contributed by atoms with Gasteiger partial charge in [-0.1, -0.05) is 38.1 Å². The van der Waals surface area contributed by atoms with Crippen LogP contribution < -0.4 is 5.32 Å². The summed E-state index contributed by atoms with van der Waals surface area (Å²) in [5.41, 5.74) is 3.62. The molecule has 0 fully saturated rings. The van der Waals surface area contributed by atoms with Gasteiger partial charge in [-0.25, -0.2) is 9.97 Å². The first-order chi connectivity index (χ1) is 9.11. The molecule has 0 saturated carbocycles. The molecule has 0 aliphatic heterocycles. The molecule has 0 radical (unpaired) electrons. The van der Waals surface area contributed by atoms with Crippen LogP contribution in [0.4, 0.5) is 0 Å². The zero-order valence-electron chi connectivity index (χ0n) is 12.0. The summed E-state index contributed by atoms with van der Waals surface area (Å²) >= 11 is 0. The number of rotatable bonds is 4. The molecule has 2 aromatic rings. The van der Waals surface area contributed by atoms with Crippen LogP contribution in [0.3, 0.4) is 0 Å². The van der Waals surface area contributed by atoms with Crippen LogP contribution >= 0.6 is 0 Å². The van der Waals surface area contributed by atoms with E-state index in [2.05, 4.69) is 53.4 Å². The summed E-state index contributed by atoms with van der Waals surface area (Å²) in [7, 11) is 1.93. The van der Waals surface area contributed by atoms with Crippen LogP contribution in [0.25, 0.3) is 0 Å². The van der Waals surface area contributed by atoms with Crippen LogP contribution in [0.15, 0.2) is 36.7 Å². The maximum Gasteiger partial charge on any atom is 0.149 e. The molecular formula is C16H21N3. The first-order valence-corrected chi connectivity index (χ1v) is 6.67. The Kier molecular flexibility index (Phi) is 4.27. The van der Waals surface area contributed by atoms with Gasteiger partial charge in [0.05, 0.1) is 6.04 Å². The second-order valence-corrected chi connectivity index (χ2v) is 5.16. The van der Waals surface area contributed by atoms with E-state index in [0.29, 0.717) is 5.92 Å². The molecule has 0 bridgehead atoms. The van der Waals surface area contributed by atoms with Crippen molar-refractivity contribution < 1.29 is 0 Å². The van der Waals surface area contributed by atoms with Crippen molar-refractivity contribution in [2.75, 3.05) is 7.05 Å². The van der Waals surface area contributed by atoms with Gasteiger partial charge in [-0.15, -0.1) is 0 Å². The van der Waals surface area contributed by atoms with E-state index in [0.717, 1.165) is 11.4 Å². The van der Waals surface area contributed by atoms with E-state index >= 15 is 0 Å². The average Bonchev–Trinajstić information content (AvgIpc) is 2.42. The first kappa shape index (κ1) is 13.7. The predicted molar refractivity (Wildman–Crippen MR) is 78.2 cm³/mol. The summed E-state index contributed by atoms with van der Waals surface area (Å²) in [5.74, 6) is 1.36. The van der Waals surface area contributed by atoms with E-state index in [1.165, 1.54) is 11.1 Å². The van der Waals surface area contributed by atoms with Gasteiger partial charge in [-0.2, -0.15) is 0 Å². The Morgan fingerprint density at radius 3 is 1.95 bits per heavy atom. The summed E-state index contributed by atoms with van der Waals surface area (Å²) in [6, 6.07) is 8.71. The quantitative estimate of drug-likeness (QED) is 0.911. The minimum Gasteiger partial charge on any atom is -0.307 e. The first-order valence-electron chi connectivity index (χ1n) is 6.67. The highest BCUT2D eigenvalue weighted by molar-refractivity contribution is 5.30. The van der Waals surface area contributed by atoms with Gasteiger partial charge in [0, 0.05) is 12.4 Å². The molecule has 0 aliphatic rings. The highest BCUT2D eigenvalue weighted by Gasteiger charge is 2.14. The number of benzene rings is 1. The Morgan fingerprint density at radius 1 is 0.947 bits per heavy atom. The summed E-state index contributed by atoms with van der Waals surface area (Å²) < 4.78 is 0. The summed E-state index contributed by atoms with van der Waals surface area (Å²) in [6.07, 6.45) is 3.71. The normalized spacial score (nSPS) is 12.7. The third-order valence-corrected chi connectivity index (χ3v) is 3.28. The van der Waals surface area contributed by atoms with Gasteiger partial charge in [-0.3, -0.25) is 0 Å². The van der Waals surface area contributed by atoms with Crippen molar-refractivity contribution in [3.05, 3.63) is 59.2 Å². The van der Waals surface area contributed by atoms with Gasteiger partial charge in [-0.05, 0) is 36.6 Å². The maximum absolute atomic E-state index is 4.41. The maximum atomic E-state index is 4.41. The van der Waals surface area contributed by atoms with Crippen LogP contribution in [0.1, 0.15) is 48.3 Å². The van der Waals surface area contributed by atoms with Crippen LogP contribution in [0.2, 0.25) is 0 Å². The molecule has 3 nitrogen and oxygen atoms in total. The topological polar surface area (TPSA) is 37.8 Å². The lowest BCUT2D eigenvalue weighted by atomic mass is 9.99. The van der Waals surface area contributed by atoms with E-state index < -0.39 is 0 Å². The zero-order chi connectivity index (χ0) is 13.8. The van der Waals surface area contributed by atoms with E-state index in [4.69, 9.17) is 0 Å². The molecule has 1 aromatic heterocycles. The van der Waals surface area contributed by atoms with Crippen molar-refractivity contribution in [2.24, 2.45) is 0 Å². The van der Waals surface area contributed by atoms with E-state index in [1.807, 2.05) is 26.4 Å². The molecule has 1 unspecified atom stereocenters. The number of nitrogens with zero attached hydrogens (tertiary/aromatic N) is 2. The number of hydrogen-bond acceptors (Lipinski definition) is 3. The van der Waals surface area contributed by atoms with Crippen LogP contribution in [-0.4, -0.2) is 17.0 Å². The second kappa shape index (κ2) is 5.93. The minimum atomic E-state index is 0.0433. The lowest BCUT2D eigenvalue weighted by molar-refractivity contribution is 0.644. The second-order valence-electron chi connectivity index (χ2n) is 5.16. The van der Waals surface area contributed by atoms with Crippen LogP contribution in [-0.2, 0) is 0 Å². The Bertz CT molecular complexity index is 515. The third-order valence-electron chi connectivity index (χ3n) is 3.28. The fourth-order valence-electron chi connectivity index (χ4n) is 2.07. The molecule has 1 aromatic carbocycles. The van der Waals surface area contributed by atoms with Gasteiger partial charge in [0.1, 0.15) is 5.82 Å². The summed E-state index contributed by atoms with van der Waals surface area (Å²) in [4.78, 5) is 8.82. The monoisotopic (exact) mass is 255 g/mol. The average molecular weight is 255 g/mol. The molecular weight excluding hydrogens is 234 g/mol. The Hall–Kier alpha value is -1.74. The molecule has 19 heavy (non-hydrogen) atoms. The lowest BCUT2D eigenvalue weighted by Gasteiger charge is -2.16. The van der Waals surface area contributed by atoms with Gasteiger partial charge < -0.3 is 5.32 Å². The molecule has 1 heterocycles. The lowest BCUT2D eigenvalue weighted by Crippen LogP contribution is -2.20. The number of nitrogens with one attached hydrogen (secondary N) is 1. The van der Waals surface area contributed by atoms with Gasteiger partial charge >= 0.3 is 0 Å². The largest absolute Gasteiger partial charge is 0.307 e. The fraction of sp³-hybridized carbons (Fsp3) is 0.375. The third kappa shape index (κ3) is 3.18. The predicted octanol–water partition coefficient (Wildman–Crippen LogP) is 3.22. The molecule has 0 saturated heterocycles. The highest BCUT2D eigenvalue weighted by atomic mass is 15.0. The van der Waals surface area contributed by atoms with E-state index in [9.17, 15) is 0 Å². The Labute approximate surface area is 115 Å². The van der Waals surface area contributed by atoms with Crippen molar-refractivity contribution in [2.45, 2.75) is 32.7 Å². The molecule has 0 amide bonds. The molecule has 2 rings (SSSR count). The fourth-order valence-corrected chi connectivity index (χ4v) is 2.07. The smallest absolute Gasteiger partial charge is 0.149 e. The Balaban J connectivity index is 2.28. The van der Waals surface area contributed by atoms with Gasteiger partial charge in [0.25, 0.3) is 0 Å². The minimum absolute atomic E-state index is 0.0433. The number of aryl methyl sites for hydroxylation is 1. The molecule has 0 spiro atoms. The SMILES string of the molecule is CNC(c1ccc(C(C)C)cc1)c1ncc(C)cn1. The van der Waals surface area contributed by atoms with Gasteiger partial charge in [0.2, 0.25) is 0 Å². The van der Waals surface area contributed by atoms with Crippen molar-refractivity contribution in [3.63, 3.8) is 0 Å². The van der Waals surface area contributed by atoms with E-state index in [1.54, 1.807) is 0 Å². The molecule has 100 valence electrons. The molecule has 3 heteroatoms. The van der Waals surface area contributed by atoms with Crippen LogP contribution in [0, 0.1) is 6.92 Å². The van der Waals surface area contributed by atoms with Crippen molar-refractivity contribution in [3.8, 4) is 0 Å². The molecule has 0 aliphatic carbocycles. The zero-order valence-corrected chi connectivity index (χ0v) is 12.0. The van der Waals surface area contributed by atoms with Crippen LogP contribution in [0.5, 0.6) is 0 Å². The van der Waals surface area contributed by atoms with Crippen molar-refractivity contribution >= 4 is 0 Å². The number of hydrogen-bond donors (Lipinski definition) is 1. The molecule has 1 N–H and O–H groups in total. The van der Waals surface area contributed by atoms with E-state index in [-0.39, 0.29) is 6.04 Å². The molecule has 1 atom stereocenters.